The minimum atomic E-state index is 0. The van der Waals surface area contributed by atoms with Gasteiger partial charge >= 0.3 is 0 Å². The Labute approximate surface area is 174 Å². The highest BCUT2D eigenvalue weighted by Crippen LogP contribution is 2.14. The summed E-state index contributed by atoms with van der Waals surface area (Å²) in [4.78, 5) is 0. The van der Waals surface area contributed by atoms with Crippen molar-refractivity contribution in [2.24, 2.45) is 5.73 Å². The minimum absolute atomic E-state index is 0. The van der Waals surface area contributed by atoms with Gasteiger partial charge in [-0.3, -0.25) is 11.1 Å². The van der Waals surface area contributed by atoms with Crippen molar-refractivity contribution < 1.29 is 17.8 Å². The van der Waals surface area contributed by atoms with Crippen molar-refractivity contribution in [3.05, 3.63) is 35.4 Å². The van der Waals surface area contributed by atoms with Gasteiger partial charge in [0.1, 0.15) is 0 Å². The molecule has 0 spiro atoms. The van der Waals surface area contributed by atoms with E-state index in [0.29, 0.717) is 5.84 Å². The lowest BCUT2D eigenvalue weighted by atomic mass is 10.0. The van der Waals surface area contributed by atoms with Crippen molar-refractivity contribution in [2.75, 3.05) is 0 Å². The van der Waals surface area contributed by atoms with E-state index in [9.17, 15) is 0 Å². The number of rotatable bonds is 17. The number of aryl methyl sites for hydroxylation is 1. The molecule has 0 saturated carbocycles. The first-order valence-electron chi connectivity index (χ1n) is 11.2. The van der Waals surface area contributed by atoms with E-state index in [1.807, 2.05) is 12.1 Å². The fourth-order valence-corrected chi connectivity index (χ4v) is 3.56. The Morgan fingerprint density at radius 2 is 1.04 bits per heavy atom. The van der Waals surface area contributed by atoms with Gasteiger partial charge in [0.15, 0.2) is 0 Å². The van der Waals surface area contributed by atoms with E-state index < -0.39 is 0 Å². The number of amidine groups is 1. The highest BCUT2D eigenvalue weighted by atomic mass is 35.5. The topological polar surface area (TPSA) is 51.6 Å². The van der Waals surface area contributed by atoms with Crippen LogP contribution in [-0.2, 0) is 6.42 Å². The van der Waals surface area contributed by atoms with Gasteiger partial charge in [0, 0.05) is 0 Å². The molecule has 3 heteroatoms. The molecular weight excluding hydrogens is 352 g/mol. The first-order valence-corrected chi connectivity index (χ1v) is 11.2. The van der Waals surface area contributed by atoms with Gasteiger partial charge in [0.25, 0.3) is 5.84 Å². The molecule has 0 bridgehead atoms. The van der Waals surface area contributed by atoms with Gasteiger partial charge in [-0.15, -0.1) is 0 Å². The smallest absolute Gasteiger partial charge is 0.270 e. The van der Waals surface area contributed by atoms with E-state index in [2.05, 4.69) is 19.1 Å². The van der Waals surface area contributed by atoms with E-state index in [1.165, 1.54) is 108 Å². The fourth-order valence-electron chi connectivity index (χ4n) is 3.56. The zero-order chi connectivity index (χ0) is 18.9. The summed E-state index contributed by atoms with van der Waals surface area (Å²) in [5, 5.41) is 5.59. The molecule has 27 heavy (non-hydrogen) atoms. The molecule has 1 aromatic carbocycles. The van der Waals surface area contributed by atoms with Crippen LogP contribution in [0.1, 0.15) is 114 Å². The summed E-state index contributed by atoms with van der Waals surface area (Å²) >= 11 is 0. The minimum Gasteiger partial charge on any atom is -1.00 e. The molecule has 2 nitrogen and oxygen atoms in total. The van der Waals surface area contributed by atoms with Crippen LogP contribution in [0.2, 0.25) is 0 Å². The molecule has 0 saturated heterocycles. The van der Waals surface area contributed by atoms with Crippen molar-refractivity contribution in [3.63, 3.8) is 0 Å². The summed E-state index contributed by atoms with van der Waals surface area (Å²) in [5.41, 5.74) is 7.92. The van der Waals surface area contributed by atoms with Gasteiger partial charge in [-0.1, -0.05) is 109 Å². The van der Waals surface area contributed by atoms with Gasteiger partial charge < -0.3 is 12.4 Å². The molecule has 1 rings (SSSR count). The van der Waals surface area contributed by atoms with E-state index in [-0.39, 0.29) is 12.4 Å². The lowest BCUT2D eigenvalue weighted by molar-refractivity contribution is -0.114. The number of unbranched alkanes of at least 4 members (excludes halogenated alkanes) is 14. The Morgan fingerprint density at radius 3 is 1.41 bits per heavy atom. The molecule has 0 aliphatic heterocycles. The Hall–Kier alpha value is -1.02. The van der Waals surface area contributed by atoms with E-state index in [1.54, 1.807) is 0 Å². The van der Waals surface area contributed by atoms with Crippen LogP contribution in [0, 0.1) is 0 Å². The molecule has 0 fully saturated rings. The molecule has 156 valence electrons. The average Bonchev–Trinajstić information content (AvgIpc) is 2.65. The standard InChI is InChI=1S/C24H42N2.ClH/c1-2-3-4-5-6-7-8-9-10-11-12-13-14-15-16-17-22-18-20-23(21-19-22)24(25)26;/h18-21H,2-17H2,1H3,(H3,25,26);1H. The third-order valence-electron chi connectivity index (χ3n) is 5.36. The van der Waals surface area contributed by atoms with Crippen LogP contribution in [0.5, 0.6) is 0 Å². The fraction of sp³-hybridized carbons (Fsp3) is 0.708. The van der Waals surface area contributed by atoms with Crippen molar-refractivity contribution in [1.82, 2.24) is 0 Å². The normalized spacial score (nSPS) is 10.6. The van der Waals surface area contributed by atoms with Crippen molar-refractivity contribution in [2.45, 2.75) is 110 Å². The molecule has 0 atom stereocenters. The van der Waals surface area contributed by atoms with Crippen LogP contribution in [0.4, 0.5) is 0 Å². The van der Waals surface area contributed by atoms with Gasteiger partial charge in [-0.2, -0.15) is 0 Å². The number of halogens is 1. The quantitative estimate of drug-likeness (QED) is 0.238. The van der Waals surface area contributed by atoms with Crippen LogP contribution in [0.3, 0.4) is 0 Å². The summed E-state index contributed by atoms with van der Waals surface area (Å²) in [6.07, 6.45) is 22.4. The Bertz CT molecular complexity index is 456. The number of benzene rings is 1. The summed E-state index contributed by atoms with van der Waals surface area (Å²) in [6, 6.07) is 8.35. The van der Waals surface area contributed by atoms with Crippen molar-refractivity contribution >= 4 is 5.84 Å². The van der Waals surface area contributed by atoms with Crippen LogP contribution in [0.15, 0.2) is 24.3 Å². The molecule has 0 aromatic heterocycles. The van der Waals surface area contributed by atoms with E-state index in [4.69, 9.17) is 11.1 Å². The highest BCUT2D eigenvalue weighted by molar-refractivity contribution is 5.92. The molecule has 4 N–H and O–H groups in total. The van der Waals surface area contributed by atoms with Crippen molar-refractivity contribution in [3.8, 4) is 0 Å². The first kappa shape index (κ1) is 26.0. The molecule has 0 unspecified atom stereocenters. The second kappa shape index (κ2) is 18.3. The predicted octanol–water partition coefficient (Wildman–Crippen LogP) is 2.57. The van der Waals surface area contributed by atoms with Gasteiger partial charge in [-0.05, 0) is 30.5 Å². The van der Waals surface area contributed by atoms with Crippen LogP contribution >= 0.6 is 0 Å². The molecule has 0 radical (unpaired) electrons. The van der Waals surface area contributed by atoms with Gasteiger partial charge in [-0.25, -0.2) is 0 Å². The summed E-state index contributed by atoms with van der Waals surface area (Å²) < 4.78 is 0. The molecule has 0 heterocycles. The third kappa shape index (κ3) is 14.7. The molecule has 0 aliphatic rings. The predicted molar refractivity (Wildman–Crippen MR) is 115 cm³/mol. The second-order valence-corrected chi connectivity index (χ2v) is 7.85. The average molecular weight is 395 g/mol. The maximum atomic E-state index is 5.59. The molecule has 0 amide bonds. The Balaban J connectivity index is 0.00000676. The maximum absolute atomic E-state index is 5.59. The van der Waals surface area contributed by atoms with Crippen molar-refractivity contribution in [1.29, 1.82) is 0 Å². The van der Waals surface area contributed by atoms with E-state index in [0.717, 1.165) is 5.56 Å². The number of hydrogen-bond acceptors (Lipinski definition) is 0. The zero-order valence-electron chi connectivity index (χ0n) is 17.7. The monoisotopic (exact) mass is 394 g/mol. The Morgan fingerprint density at radius 1 is 0.667 bits per heavy atom. The van der Waals surface area contributed by atoms with Crippen LogP contribution < -0.4 is 23.5 Å². The lowest BCUT2D eigenvalue weighted by Crippen LogP contribution is -3.00. The molecular formula is C24H43ClN2. The summed E-state index contributed by atoms with van der Waals surface area (Å²) in [6.45, 7) is 2.29. The van der Waals surface area contributed by atoms with Gasteiger partial charge in [0.05, 0.1) is 5.56 Å². The van der Waals surface area contributed by atoms with E-state index >= 15 is 0 Å². The Kier molecular flexibility index (Phi) is 17.7. The SMILES string of the molecule is CCCCCCCCCCCCCCCCCc1ccc(C(N)=[NH2+])cc1.[Cl-]. The summed E-state index contributed by atoms with van der Waals surface area (Å²) in [5.74, 6) is 0.406. The lowest BCUT2D eigenvalue weighted by Gasteiger charge is -2.04. The largest absolute Gasteiger partial charge is 1.00 e. The zero-order valence-corrected chi connectivity index (χ0v) is 18.4. The van der Waals surface area contributed by atoms with Crippen LogP contribution in [0.25, 0.3) is 0 Å². The maximum Gasteiger partial charge on any atom is 0.270 e. The van der Waals surface area contributed by atoms with Crippen LogP contribution in [-0.4, -0.2) is 5.84 Å². The third-order valence-corrected chi connectivity index (χ3v) is 5.36. The van der Waals surface area contributed by atoms with Gasteiger partial charge in [0.2, 0.25) is 0 Å². The highest BCUT2D eigenvalue weighted by Gasteiger charge is 2.01. The second-order valence-electron chi connectivity index (χ2n) is 7.85. The summed E-state index contributed by atoms with van der Waals surface area (Å²) in [7, 11) is 0. The first-order chi connectivity index (χ1) is 12.7. The number of nitrogens with two attached hydrogens (primary N) is 2. The molecule has 1 aromatic rings. The number of hydrogen-bond donors (Lipinski definition) is 2. The molecule has 0 aliphatic carbocycles.